The zero-order valence-corrected chi connectivity index (χ0v) is 23.8. The van der Waals surface area contributed by atoms with Gasteiger partial charge in [-0.2, -0.15) is 0 Å². The van der Waals surface area contributed by atoms with E-state index in [-0.39, 0.29) is 23.5 Å². The molecule has 2 aliphatic rings. The van der Waals surface area contributed by atoms with Crippen LogP contribution >= 0.6 is 11.3 Å². The van der Waals surface area contributed by atoms with Gasteiger partial charge in [-0.15, -0.1) is 11.3 Å². The summed E-state index contributed by atoms with van der Waals surface area (Å²) in [4.78, 5) is 30.6. The molecule has 2 fully saturated rings. The molecule has 37 heavy (non-hydrogen) atoms. The fourth-order valence-corrected chi connectivity index (χ4v) is 7.11. The standard InChI is InChI=1S/C27H37N3O5S2/c1-16(2)34-25(31)29-18-8-6-17(7-9-18)24-28-15-22(36-24)21-13-10-19(30-26(32)35-27(3,4)5)14-23(21)37(33)20-11-12-20/h10,13-18,20H,6-9,11-12H2,1-5H3,(H,29,31)(H,30,32)/t17-,18-,37?. The van der Waals surface area contributed by atoms with Crippen molar-refractivity contribution < 1.29 is 23.6 Å². The molecular weight excluding hydrogens is 510 g/mol. The Labute approximate surface area is 226 Å². The van der Waals surface area contributed by atoms with E-state index in [1.54, 1.807) is 17.4 Å². The van der Waals surface area contributed by atoms with E-state index < -0.39 is 22.9 Å². The summed E-state index contributed by atoms with van der Waals surface area (Å²) in [5, 5.41) is 6.97. The molecule has 2 N–H and O–H groups in total. The maximum absolute atomic E-state index is 13.3. The van der Waals surface area contributed by atoms with Gasteiger partial charge >= 0.3 is 12.2 Å². The highest BCUT2D eigenvalue weighted by Gasteiger charge is 2.38. The minimum atomic E-state index is -1.16. The number of nitrogens with zero attached hydrogens (tertiary/aromatic N) is 1. The lowest BCUT2D eigenvalue weighted by Gasteiger charge is -2.28. The van der Waals surface area contributed by atoms with Crippen LogP contribution in [0.15, 0.2) is 29.3 Å². The van der Waals surface area contributed by atoms with Gasteiger partial charge < -0.3 is 19.3 Å². The number of amides is 2. The van der Waals surface area contributed by atoms with Gasteiger partial charge in [0.15, 0.2) is 4.90 Å². The minimum Gasteiger partial charge on any atom is -0.611 e. The number of rotatable bonds is 7. The highest BCUT2D eigenvalue weighted by Crippen LogP contribution is 2.43. The van der Waals surface area contributed by atoms with Crippen LogP contribution in [0.5, 0.6) is 0 Å². The molecule has 8 nitrogen and oxygen atoms in total. The highest BCUT2D eigenvalue weighted by atomic mass is 32.2. The average Bonchev–Trinajstić information content (AvgIpc) is 3.54. The molecule has 1 heterocycles. The lowest BCUT2D eigenvalue weighted by Crippen LogP contribution is -2.38. The second kappa shape index (κ2) is 11.6. The van der Waals surface area contributed by atoms with E-state index in [2.05, 4.69) is 10.6 Å². The van der Waals surface area contributed by atoms with E-state index in [4.69, 9.17) is 14.5 Å². The average molecular weight is 548 g/mol. The number of carbonyl (C=O) groups excluding carboxylic acids is 2. The maximum Gasteiger partial charge on any atom is 0.412 e. The Morgan fingerprint density at radius 2 is 1.81 bits per heavy atom. The first-order valence-corrected chi connectivity index (χ1v) is 15.0. The van der Waals surface area contributed by atoms with Gasteiger partial charge in [-0.05, 0) is 83.6 Å². The number of aromatic nitrogens is 1. The van der Waals surface area contributed by atoms with Gasteiger partial charge in [0.05, 0.1) is 16.0 Å². The Bertz CT molecular complexity index is 1100. The molecule has 1 atom stereocenters. The predicted octanol–water partition coefficient (Wildman–Crippen LogP) is 6.59. The molecule has 1 aromatic heterocycles. The van der Waals surface area contributed by atoms with Crippen molar-refractivity contribution in [3.63, 3.8) is 0 Å². The normalized spacial score (nSPS) is 20.8. The number of hydrogen-bond acceptors (Lipinski definition) is 7. The molecule has 0 saturated heterocycles. The monoisotopic (exact) mass is 547 g/mol. The molecule has 4 rings (SSSR count). The number of anilines is 1. The Hall–Kier alpha value is -2.30. The van der Waals surface area contributed by atoms with E-state index in [1.165, 1.54) is 0 Å². The third kappa shape index (κ3) is 7.85. The number of benzene rings is 1. The molecule has 0 spiro atoms. The lowest BCUT2D eigenvalue weighted by atomic mass is 9.86. The summed E-state index contributed by atoms with van der Waals surface area (Å²) in [6.07, 6.45) is 6.40. The fraction of sp³-hybridized carbons (Fsp3) is 0.593. The van der Waals surface area contributed by atoms with Gasteiger partial charge in [-0.3, -0.25) is 5.32 Å². The Morgan fingerprint density at radius 1 is 1.11 bits per heavy atom. The first-order chi connectivity index (χ1) is 17.5. The van der Waals surface area contributed by atoms with Crippen LogP contribution < -0.4 is 10.6 Å². The lowest BCUT2D eigenvalue weighted by molar-refractivity contribution is 0.0635. The van der Waals surface area contributed by atoms with Crippen molar-refractivity contribution in [1.29, 1.82) is 0 Å². The molecule has 10 heteroatoms. The first-order valence-electron chi connectivity index (χ1n) is 13.0. The van der Waals surface area contributed by atoms with Crippen LogP contribution in [-0.2, 0) is 20.6 Å². The van der Waals surface area contributed by atoms with Crippen LogP contribution in [0.3, 0.4) is 0 Å². The Morgan fingerprint density at radius 3 is 2.43 bits per heavy atom. The minimum absolute atomic E-state index is 0.125. The Kier molecular flexibility index (Phi) is 8.70. The van der Waals surface area contributed by atoms with Crippen LogP contribution in [0.25, 0.3) is 10.4 Å². The van der Waals surface area contributed by atoms with Gasteiger partial charge in [0, 0.05) is 48.3 Å². The van der Waals surface area contributed by atoms with Gasteiger partial charge in [-0.1, -0.05) is 0 Å². The summed E-state index contributed by atoms with van der Waals surface area (Å²) in [6.45, 7) is 9.12. The van der Waals surface area contributed by atoms with Crippen molar-refractivity contribution in [2.24, 2.45) is 0 Å². The number of thiazole rings is 1. The van der Waals surface area contributed by atoms with E-state index >= 15 is 0 Å². The van der Waals surface area contributed by atoms with Gasteiger partial charge in [0.25, 0.3) is 0 Å². The summed E-state index contributed by atoms with van der Waals surface area (Å²) < 4.78 is 23.8. The molecule has 2 aliphatic carbocycles. The van der Waals surface area contributed by atoms with E-state index in [0.29, 0.717) is 11.6 Å². The highest BCUT2D eigenvalue weighted by molar-refractivity contribution is 7.92. The Balaban J connectivity index is 1.45. The van der Waals surface area contributed by atoms with Gasteiger partial charge in [0.1, 0.15) is 10.9 Å². The third-order valence-electron chi connectivity index (χ3n) is 6.20. The zero-order chi connectivity index (χ0) is 26.7. The number of alkyl carbamates (subject to hydrolysis) is 1. The van der Waals surface area contributed by atoms with Gasteiger partial charge in [0.2, 0.25) is 0 Å². The van der Waals surface area contributed by atoms with Crippen LogP contribution in [0, 0.1) is 0 Å². The number of carbonyl (C=O) groups is 2. The summed E-state index contributed by atoms with van der Waals surface area (Å²) >= 11 is 0.482. The summed E-state index contributed by atoms with van der Waals surface area (Å²) in [5.41, 5.74) is 0.860. The van der Waals surface area contributed by atoms with Crippen molar-refractivity contribution in [3.05, 3.63) is 29.4 Å². The summed E-state index contributed by atoms with van der Waals surface area (Å²) in [6, 6.07) is 5.67. The van der Waals surface area contributed by atoms with Crippen molar-refractivity contribution >= 4 is 40.4 Å². The smallest absolute Gasteiger partial charge is 0.412 e. The van der Waals surface area contributed by atoms with Crippen LogP contribution in [0.2, 0.25) is 0 Å². The number of hydrogen-bond donors (Lipinski definition) is 2. The maximum atomic E-state index is 13.3. The van der Waals surface area contributed by atoms with Crippen LogP contribution in [0.4, 0.5) is 15.3 Å². The molecule has 2 amide bonds. The first kappa shape index (κ1) is 27.7. The van der Waals surface area contributed by atoms with Crippen molar-refractivity contribution in [1.82, 2.24) is 10.3 Å². The zero-order valence-electron chi connectivity index (χ0n) is 22.2. The molecule has 0 radical (unpaired) electrons. The fourth-order valence-electron chi connectivity index (χ4n) is 4.35. The predicted molar refractivity (Wildman–Crippen MR) is 147 cm³/mol. The number of ether oxygens (including phenoxy) is 2. The molecule has 202 valence electrons. The second-order valence-electron chi connectivity index (χ2n) is 11.0. The van der Waals surface area contributed by atoms with E-state index in [0.717, 1.165) is 58.9 Å². The largest absolute Gasteiger partial charge is 0.611 e. The molecule has 1 aromatic carbocycles. The van der Waals surface area contributed by atoms with Crippen LogP contribution in [-0.4, -0.2) is 44.7 Å². The molecule has 2 saturated carbocycles. The SMILES string of the molecule is CC(C)OC(=O)N[C@H]1CC[C@H](c2ncc(-c3ccc(NC(=O)OC(C)(C)C)cc3[S+]([O-])C3CC3)s2)CC1. The third-order valence-corrected chi connectivity index (χ3v) is 9.24. The van der Waals surface area contributed by atoms with Crippen molar-refractivity contribution in [2.45, 2.75) is 107 Å². The molecule has 2 aromatic rings. The van der Waals surface area contributed by atoms with Crippen molar-refractivity contribution in [3.8, 4) is 10.4 Å². The topological polar surface area (TPSA) is 113 Å². The summed E-state index contributed by atoms with van der Waals surface area (Å²) in [5.74, 6) is 0.336. The summed E-state index contributed by atoms with van der Waals surface area (Å²) in [7, 11) is 0. The molecule has 1 unspecified atom stereocenters. The molecular formula is C27H37N3O5S2. The quantitative estimate of drug-likeness (QED) is 0.378. The molecule has 0 aliphatic heterocycles. The van der Waals surface area contributed by atoms with Crippen molar-refractivity contribution in [2.75, 3.05) is 5.32 Å². The van der Waals surface area contributed by atoms with E-state index in [1.807, 2.05) is 52.9 Å². The molecule has 0 bridgehead atoms. The van der Waals surface area contributed by atoms with Gasteiger partial charge in [-0.25, -0.2) is 14.6 Å². The second-order valence-corrected chi connectivity index (χ2v) is 13.8. The van der Waals surface area contributed by atoms with E-state index in [9.17, 15) is 14.1 Å². The van der Waals surface area contributed by atoms with Crippen LogP contribution in [0.1, 0.15) is 84.1 Å². The number of nitrogens with one attached hydrogen (secondary N) is 2.